The summed E-state index contributed by atoms with van der Waals surface area (Å²) in [5.74, 6) is 0.669. The minimum atomic E-state index is -0.162. The largest absolute Gasteiger partial charge is 0.346 e. The number of hydrogen-bond donors (Lipinski definition) is 0. The minimum absolute atomic E-state index is 0.162. The maximum atomic E-state index is 13.4. The highest BCUT2D eigenvalue weighted by Crippen LogP contribution is 2.32. The molecular formula is C18H17FN2. The van der Waals surface area contributed by atoms with Crippen molar-refractivity contribution >= 4 is 11.0 Å². The molecule has 0 unspecified atom stereocenters. The van der Waals surface area contributed by atoms with Gasteiger partial charge < -0.3 is 4.57 Å². The molecular weight excluding hydrogens is 263 g/mol. The summed E-state index contributed by atoms with van der Waals surface area (Å²) in [6.07, 6.45) is 6.67. The molecule has 0 bridgehead atoms. The summed E-state index contributed by atoms with van der Waals surface area (Å²) in [5, 5.41) is 0. The predicted octanol–water partition coefficient (Wildman–Crippen LogP) is 4.56. The molecule has 1 saturated carbocycles. The lowest BCUT2D eigenvalue weighted by Gasteiger charge is -2.07. The van der Waals surface area contributed by atoms with Gasteiger partial charge in [-0.2, -0.15) is 0 Å². The lowest BCUT2D eigenvalue weighted by atomic mass is 10.0. The van der Waals surface area contributed by atoms with E-state index in [-0.39, 0.29) is 5.82 Å². The van der Waals surface area contributed by atoms with Crippen molar-refractivity contribution in [3.63, 3.8) is 0 Å². The average Bonchev–Trinajstić information content (AvgIpc) is 3.22. The van der Waals surface area contributed by atoms with Crippen LogP contribution in [0.4, 0.5) is 4.39 Å². The fourth-order valence-corrected chi connectivity index (χ4v) is 2.78. The molecule has 0 aliphatic heterocycles. The number of pyridine rings is 1. The van der Waals surface area contributed by atoms with E-state index in [1.54, 1.807) is 6.92 Å². The van der Waals surface area contributed by atoms with Crippen LogP contribution in [-0.4, -0.2) is 9.55 Å². The molecule has 2 nitrogen and oxygen atoms in total. The Balaban J connectivity index is 1.79. The highest BCUT2D eigenvalue weighted by atomic mass is 19.1. The fourth-order valence-electron chi connectivity index (χ4n) is 2.78. The molecule has 0 N–H and O–H groups in total. The number of hydrogen-bond acceptors (Lipinski definition) is 1. The fraction of sp³-hybridized carbons (Fsp3) is 0.278. The van der Waals surface area contributed by atoms with Crippen LogP contribution in [0.1, 0.15) is 18.4 Å². The lowest BCUT2D eigenvalue weighted by Crippen LogP contribution is -1.97. The van der Waals surface area contributed by atoms with Gasteiger partial charge in [0.15, 0.2) is 0 Å². The number of halogens is 1. The van der Waals surface area contributed by atoms with Gasteiger partial charge in [-0.1, -0.05) is 6.07 Å². The van der Waals surface area contributed by atoms with Crippen molar-refractivity contribution < 1.29 is 4.39 Å². The van der Waals surface area contributed by atoms with E-state index < -0.39 is 0 Å². The topological polar surface area (TPSA) is 17.8 Å². The Morgan fingerprint density at radius 2 is 2.05 bits per heavy atom. The minimum Gasteiger partial charge on any atom is -0.346 e. The van der Waals surface area contributed by atoms with Gasteiger partial charge in [0.2, 0.25) is 0 Å². The first-order valence-corrected chi connectivity index (χ1v) is 7.42. The summed E-state index contributed by atoms with van der Waals surface area (Å²) in [5.41, 5.74) is 4.92. The third-order valence-corrected chi connectivity index (χ3v) is 4.26. The second-order valence-corrected chi connectivity index (χ2v) is 6.00. The Hall–Kier alpha value is -2.16. The first kappa shape index (κ1) is 12.6. The van der Waals surface area contributed by atoms with Gasteiger partial charge in [0.1, 0.15) is 5.82 Å². The normalized spacial score (nSPS) is 14.8. The first-order chi connectivity index (χ1) is 10.2. The SMILES string of the molecule is Cc1cc(-c2cnc3ccn(CC4CC4)c3c2)ccc1F. The van der Waals surface area contributed by atoms with Crippen molar-refractivity contribution in [3.05, 3.63) is 54.1 Å². The van der Waals surface area contributed by atoms with E-state index in [0.717, 1.165) is 29.1 Å². The standard InChI is InChI=1S/C18H17FN2/c1-12-8-14(4-5-16(12)19)15-9-18-17(20-10-15)6-7-21(18)11-13-2-3-13/h4-10,13H,2-3,11H2,1H3. The molecule has 0 saturated heterocycles. The highest BCUT2D eigenvalue weighted by molar-refractivity contribution is 5.81. The number of rotatable bonds is 3. The summed E-state index contributed by atoms with van der Waals surface area (Å²) in [7, 11) is 0. The maximum absolute atomic E-state index is 13.4. The summed E-state index contributed by atoms with van der Waals surface area (Å²) in [6, 6.07) is 9.46. The second-order valence-electron chi connectivity index (χ2n) is 6.00. The predicted molar refractivity (Wildman–Crippen MR) is 82.6 cm³/mol. The van der Waals surface area contributed by atoms with E-state index in [0.29, 0.717) is 5.56 Å². The van der Waals surface area contributed by atoms with Crippen molar-refractivity contribution in [1.82, 2.24) is 9.55 Å². The zero-order valence-corrected chi connectivity index (χ0v) is 12.0. The Kier molecular flexibility index (Phi) is 2.81. The van der Waals surface area contributed by atoms with E-state index in [1.807, 2.05) is 18.3 Å². The zero-order valence-electron chi connectivity index (χ0n) is 12.0. The number of aryl methyl sites for hydroxylation is 1. The van der Waals surface area contributed by atoms with Crippen LogP contribution in [0, 0.1) is 18.7 Å². The molecule has 2 aromatic heterocycles. The Labute approximate surface area is 123 Å². The third-order valence-electron chi connectivity index (χ3n) is 4.26. The van der Waals surface area contributed by atoms with E-state index in [9.17, 15) is 4.39 Å². The molecule has 0 atom stereocenters. The van der Waals surface area contributed by atoms with Gasteiger partial charge in [0.25, 0.3) is 0 Å². The van der Waals surface area contributed by atoms with Crippen molar-refractivity contribution in [1.29, 1.82) is 0 Å². The van der Waals surface area contributed by atoms with Gasteiger partial charge >= 0.3 is 0 Å². The third kappa shape index (κ3) is 2.33. The van der Waals surface area contributed by atoms with Gasteiger partial charge in [-0.3, -0.25) is 4.98 Å². The van der Waals surface area contributed by atoms with Gasteiger partial charge in [-0.05, 0) is 61.1 Å². The number of benzene rings is 1. The van der Waals surface area contributed by atoms with Crippen LogP contribution in [0.15, 0.2) is 42.7 Å². The molecule has 0 radical (unpaired) electrons. The van der Waals surface area contributed by atoms with Gasteiger partial charge in [-0.15, -0.1) is 0 Å². The molecule has 1 aromatic carbocycles. The van der Waals surface area contributed by atoms with E-state index >= 15 is 0 Å². The van der Waals surface area contributed by atoms with Crippen LogP contribution in [0.25, 0.3) is 22.2 Å². The molecule has 1 aliphatic carbocycles. The summed E-state index contributed by atoms with van der Waals surface area (Å²) >= 11 is 0. The van der Waals surface area contributed by atoms with Gasteiger partial charge in [0.05, 0.1) is 11.0 Å². The molecule has 21 heavy (non-hydrogen) atoms. The highest BCUT2D eigenvalue weighted by Gasteiger charge is 2.22. The Bertz CT molecular complexity index is 815. The quantitative estimate of drug-likeness (QED) is 0.687. The Morgan fingerprint density at radius 1 is 1.19 bits per heavy atom. The Morgan fingerprint density at radius 3 is 2.81 bits per heavy atom. The zero-order chi connectivity index (χ0) is 14.4. The smallest absolute Gasteiger partial charge is 0.126 e. The summed E-state index contributed by atoms with van der Waals surface area (Å²) < 4.78 is 15.7. The maximum Gasteiger partial charge on any atom is 0.126 e. The number of nitrogens with zero attached hydrogens (tertiary/aromatic N) is 2. The van der Waals surface area contributed by atoms with Crippen molar-refractivity contribution in [3.8, 4) is 11.1 Å². The average molecular weight is 280 g/mol. The molecule has 3 heteroatoms. The number of aromatic nitrogens is 2. The van der Waals surface area contributed by atoms with E-state index in [2.05, 4.69) is 27.9 Å². The molecule has 4 rings (SSSR count). The molecule has 0 spiro atoms. The van der Waals surface area contributed by atoms with Gasteiger partial charge in [-0.25, -0.2) is 4.39 Å². The van der Waals surface area contributed by atoms with Crippen molar-refractivity contribution in [2.45, 2.75) is 26.3 Å². The lowest BCUT2D eigenvalue weighted by molar-refractivity contribution is 0.619. The van der Waals surface area contributed by atoms with Crippen LogP contribution in [0.5, 0.6) is 0 Å². The molecule has 106 valence electrons. The summed E-state index contributed by atoms with van der Waals surface area (Å²) in [4.78, 5) is 4.54. The van der Waals surface area contributed by atoms with Crippen molar-refractivity contribution in [2.75, 3.05) is 0 Å². The molecule has 0 amide bonds. The van der Waals surface area contributed by atoms with Crippen LogP contribution in [-0.2, 0) is 6.54 Å². The van der Waals surface area contributed by atoms with Crippen LogP contribution in [0.2, 0.25) is 0 Å². The first-order valence-electron chi connectivity index (χ1n) is 7.42. The molecule has 1 fully saturated rings. The van der Waals surface area contributed by atoms with Crippen molar-refractivity contribution in [2.24, 2.45) is 5.92 Å². The molecule has 2 heterocycles. The van der Waals surface area contributed by atoms with E-state index in [1.165, 1.54) is 24.4 Å². The van der Waals surface area contributed by atoms with Crippen LogP contribution in [0.3, 0.4) is 0 Å². The molecule has 3 aromatic rings. The van der Waals surface area contributed by atoms with Crippen LogP contribution < -0.4 is 0 Å². The van der Waals surface area contributed by atoms with Gasteiger partial charge in [0, 0.05) is 24.5 Å². The second kappa shape index (κ2) is 4.69. The van der Waals surface area contributed by atoms with Crippen LogP contribution >= 0.6 is 0 Å². The van der Waals surface area contributed by atoms with E-state index in [4.69, 9.17) is 0 Å². The summed E-state index contributed by atoms with van der Waals surface area (Å²) in [6.45, 7) is 2.87. The number of fused-ring (bicyclic) bond motifs is 1. The molecule has 1 aliphatic rings. The monoisotopic (exact) mass is 280 g/mol.